The Morgan fingerprint density at radius 1 is 1.50 bits per heavy atom. The Hall–Kier alpha value is -0.220. The third kappa shape index (κ3) is 2.92. The molecule has 2 aliphatic rings. The molecular weight excluding hydrogens is 220 g/mol. The van der Waals surface area contributed by atoms with Gasteiger partial charge in [-0.1, -0.05) is 18.2 Å². The van der Waals surface area contributed by atoms with Gasteiger partial charge < -0.3 is 10.1 Å². The summed E-state index contributed by atoms with van der Waals surface area (Å²) in [5, 5.41) is 4.69. The highest BCUT2D eigenvalue weighted by atomic mass is 32.2. The van der Waals surface area contributed by atoms with E-state index in [1.165, 1.54) is 25.0 Å². The quantitative estimate of drug-likeness (QED) is 0.824. The second kappa shape index (κ2) is 4.96. The monoisotopic (exact) mass is 242 g/mol. The van der Waals surface area contributed by atoms with Gasteiger partial charge in [0.1, 0.15) is 0 Å². The third-order valence-electron chi connectivity index (χ3n) is 3.56. The number of hydrogen-bond donors (Lipinski definition) is 1. The Labute approximate surface area is 102 Å². The number of nitrogens with zero attached hydrogens (tertiary/aromatic N) is 1. The molecule has 0 spiro atoms. The van der Waals surface area contributed by atoms with Gasteiger partial charge in [0.05, 0.1) is 12.1 Å². The fourth-order valence-electron chi connectivity index (χ4n) is 2.23. The van der Waals surface area contributed by atoms with E-state index in [1.54, 1.807) is 7.11 Å². The second-order valence-corrected chi connectivity index (χ2v) is 6.35. The summed E-state index contributed by atoms with van der Waals surface area (Å²) < 4.78 is 5.37. The molecule has 0 aromatic heterocycles. The summed E-state index contributed by atoms with van der Waals surface area (Å²) in [4.78, 5) is 4.63. The maximum atomic E-state index is 5.37. The van der Waals surface area contributed by atoms with Crippen molar-refractivity contribution in [1.82, 2.24) is 5.32 Å². The maximum Gasteiger partial charge on any atom is 0.156 e. The molecule has 0 bridgehead atoms. The number of hydrogen-bond acceptors (Lipinski definition) is 3. The average Bonchev–Trinajstić information content (AvgIpc) is 2.73. The van der Waals surface area contributed by atoms with Crippen LogP contribution in [0.3, 0.4) is 0 Å². The van der Waals surface area contributed by atoms with Crippen molar-refractivity contribution in [1.29, 1.82) is 0 Å². The molecule has 0 radical (unpaired) electrons. The first-order valence-electron chi connectivity index (χ1n) is 6.10. The van der Waals surface area contributed by atoms with Crippen LogP contribution in [0.4, 0.5) is 0 Å². The van der Waals surface area contributed by atoms with Gasteiger partial charge in [0.25, 0.3) is 0 Å². The van der Waals surface area contributed by atoms with Crippen LogP contribution in [0.1, 0.15) is 33.1 Å². The summed E-state index contributed by atoms with van der Waals surface area (Å²) in [6, 6.07) is 0.686. The predicted octanol–water partition coefficient (Wildman–Crippen LogP) is 2.27. The molecule has 2 atom stereocenters. The van der Waals surface area contributed by atoms with Crippen molar-refractivity contribution in [3.63, 3.8) is 0 Å². The van der Waals surface area contributed by atoms with E-state index in [0.29, 0.717) is 6.04 Å². The molecule has 4 heteroatoms. The summed E-state index contributed by atoms with van der Waals surface area (Å²) in [6.07, 6.45) is 4.08. The number of aliphatic imine (C=N–C) groups is 1. The van der Waals surface area contributed by atoms with E-state index < -0.39 is 0 Å². The Balaban J connectivity index is 1.88. The van der Waals surface area contributed by atoms with Crippen LogP contribution in [-0.2, 0) is 4.74 Å². The molecule has 1 saturated heterocycles. The molecule has 0 amide bonds. The van der Waals surface area contributed by atoms with Gasteiger partial charge in [-0.15, -0.1) is 0 Å². The molecule has 1 N–H and O–H groups in total. The van der Waals surface area contributed by atoms with E-state index in [9.17, 15) is 0 Å². The van der Waals surface area contributed by atoms with Gasteiger partial charge in [0, 0.05) is 18.9 Å². The van der Waals surface area contributed by atoms with Crippen LogP contribution < -0.4 is 5.32 Å². The Kier molecular flexibility index (Phi) is 3.80. The number of nitrogens with one attached hydrogen (secondary N) is 1. The lowest BCUT2D eigenvalue weighted by Gasteiger charge is -2.29. The molecule has 2 unspecified atom stereocenters. The summed E-state index contributed by atoms with van der Waals surface area (Å²) in [7, 11) is 1.74. The maximum absolute atomic E-state index is 5.37. The largest absolute Gasteiger partial charge is 0.377 e. The number of ether oxygens (including phenoxy) is 1. The van der Waals surface area contributed by atoms with Gasteiger partial charge in [0.15, 0.2) is 5.17 Å². The minimum Gasteiger partial charge on any atom is -0.377 e. The Bertz CT molecular complexity index is 278. The molecule has 1 heterocycles. The molecule has 1 saturated carbocycles. The zero-order valence-electron chi connectivity index (χ0n) is 10.5. The number of amidine groups is 1. The second-order valence-electron chi connectivity index (χ2n) is 5.34. The molecule has 1 aliphatic heterocycles. The van der Waals surface area contributed by atoms with Crippen LogP contribution in [0.25, 0.3) is 0 Å². The number of fused-ring (bicyclic) bond motifs is 1. The lowest BCUT2D eigenvalue weighted by molar-refractivity contribution is 0.0312. The fourth-order valence-corrected chi connectivity index (χ4v) is 3.39. The highest BCUT2D eigenvalue weighted by Gasteiger charge is 2.32. The van der Waals surface area contributed by atoms with Crippen LogP contribution in [0.15, 0.2) is 4.99 Å². The third-order valence-corrected chi connectivity index (χ3v) is 4.67. The smallest absolute Gasteiger partial charge is 0.156 e. The van der Waals surface area contributed by atoms with Gasteiger partial charge in [-0.05, 0) is 32.6 Å². The SMILES string of the molecule is COC(C)(C)CN=C1NC2CCCC2CS1. The topological polar surface area (TPSA) is 33.6 Å². The van der Waals surface area contributed by atoms with E-state index in [4.69, 9.17) is 4.74 Å². The van der Waals surface area contributed by atoms with E-state index in [0.717, 1.165) is 17.6 Å². The van der Waals surface area contributed by atoms with Crippen LogP contribution in [0.2, 0.25) is 0 Å². The Morgan fingerprint density at radius 3 is 3.06 bits per heavy atom. The molecule has 1 aliphatic carbocycles. The van der Waals surface area contributed by atoms with Crippen LogP contribution in [0, 0.1) is 5.92 Å². The standard InChI is InChI=1S/C12H22N2OS/c1-12(2,15-3)8-13-11-14-10-6-4-5-9(10)7-16-11/h9-10H,4-8H2,1-3H3,(H,13,14). The average molecular weight is 242 g/mol. The first-order chi connectivity index (χ1) is 7.61. The highest BCUT2D eigenvalue weighted by molar-refractivity contribution is 8.13. The zero-order valence-corrected chi connectivity index (χ0v) is 11.3. The molecule has 92 valence electrons. The predicted molar refractivity (Wildman–Crippen MR) is 70.1 cm³/mol. The van der Waals surface area contributed by atoms with Gasteiger partial charge in [0.2, 0.25) is 0 Å². The fraction of sp³-hybridized carbons (Fsp3) is 0.917. The normalized spacial score (nSPS) is 32.6. The van der Waals surface area contributed by atoms with Crippen LogP contribution in [-0.4, -0.2) is 36.2 Å². The van der Waals surface area contributed by atoms with Crippen LogP contribution in [0.5, 0.6) is 0 Å². The summed E-state index contributed by atoms with van der Waals surface area (Å²) in [5.41, 5.74) is -0.151. The summed E-state index contributed by atoms with van der Waals surface area (Å²) >= 11 is 1.87. The summed E-state index contributed by atoms with van der Waals surface area (Å²) in [6.45, 7) is 4.88. The van der Waals surface area contributed by atoms with E-state index in [2.05, 4.69) is 24.2 Å². The minimum absolute atomic E-state index is 0.151. The van der Waals surface area contributed by atoms with Gasteiger partial charge >= 0.3 is 0 Å². The van der Waals surface area contributed by atoms with Crippen molar-refractivity contribution in [2.24, 2.45) is 10.9 Å². The van der Waals surface area contributed by atoms with E-state index in [1.807, 2.05) is 11.8 Å². The van der Waals surface area contributed by atoms with Crippen molar-refractivity contribution in [3.05, 3.63) is 0 Å². The Morgan fingerprint density at radius 2 is 2.31 bits per heavy atom. The molecule has 0 aromatic rings. The van der Waals surface area contributed by atoms with Crippen molar-refractivity contribution < 1.29 is 4.74 Å². The van der Waals surface area contributed by atoms with Crippen molar-refractivity contribution in [3.8, 4) is 0 Å². The van der Waals surface area contributed by atoms with Gasteiger partial charge in [-0.25, -0.2) is 0 Å². The molecular formula is C12H22N2OS. The molecule has 16 heavy (non-hydrogen) atoms. The number of rotatable bonds is 3. The molecule has 3 nitrogen and oxygen atoms in total. The van der Waals surface area contributed by atoms with Crippen molar-refractivity contribution in [2.45, 2.75) is 44.8 Å². The number of methoxy groups -OCH3 is 1. The highest BCUT2D eigenvalue weighted by Crippen LogP contribution is 2.32. The van der Waals surface area contributed by atoms with Crippen LogP contribution >= 0.6 is 11.8 Å². The lowest BCUT2D eigenvalue weighted by atomic mass is 10.1. The molecule has 0 aromatic carbocycles. The first kappa shape index (κ1) is 12.2. The van der Waals surface area contributed by atoms with E-state index >= 15 is 0 Å². The van der Waals surface area contributed by atoms with Gasteiger partial charge in [-0.2, -0.15) is 0 Å². The van der Waals surface area contributed by atoms with Gasteiger partial charge in [-0.3, -0.25) is 4.99 Å². The van der Waals surface area contributed by atoms with Crippen molar-refractivity contribution >= 4 is 16.9 Å². The van der Waals surface area contributed by atoms with E-state index in [-0.39, 0.29) is 5.60 Å². The first-order valence-corrected chi connectivity index (χ1v) is 7.08. The minimum atomic E-state index is -0.151. The zero-order chi connectivity index (χ0) is 11.6. The lowest BCUT2D eigenvalue weighted by Crippen LogP contribution is -2.42. The number of thioether (sulfide) groups is 1. The summed E-state index contributed by atoms with van der Waals surface area (Å²) in [5.74, 6) is 2.11. The molecule has 2 fully saturated rings. The molecule has 2 rings (SSSR count). The van der Waals surface area contributed by atoms with Crippen molar-refractivity contribution in [2.75, 3.05) is 19.4 Å².